The first-order chi connectivity index (χ1) is 10.1. The second-order valence-corrected chi connectivity index (χ2v) is 5.93. The lowest BCUT2D eigenvalue weighted by Crippen LogP contribution is -2.33. The van der Waals surface area contributed by atoms with Crippen molar-refractivity contribution in [3.05, 3.63) is 59.3 Å². The number of pyridine rings is 1. The number of nitrogens with zero attached hydrogens (tertiary/aromatic N) is 1. The molecule has 3 nitrogen and oxygen atoms in total. The molecule has 2 aromatic rings. The van der Waals surface area contributed by atoms with Gasteiger partial charge in [-0.05, 0) is 37.0 Å². The predicted molar refractivity (Wildman–Crippen MR) is 84.3 cm³/mol. The Morgan fingerprint density at radius 3 is 2.52 bits per heavy atom. The van der Waals surface area contributed by atoms with Crippen LogP contribution in [-0.4, -0.2) is 10.8 Å². The van der Waals surface area contributed by atoms with Crippen molar-refractivity contribution in [3.63, 3.8) is 0 Å². The number of nitrogens with two attached hydrogens (primary N) is 1. The van der Waals surface area contributed by atoms with E-state index < -0.39 is 5.41 Å². The summed E-state index contributed by atoms with van der Waals surface area (Å²) >= 11 is 0. The Morgan fingerprint density at radius 2 is 1.86 bits per heavy atom. The molecular formula is C18H20N2O. The SMILES string of the molecule is Cc1cnc(N)c(C(=O)C2(c3ccccc3)CCCC2)c1. The monoisotopic (exact) mass is 280 g/mol. The number of benzene rings is 1. The topological polar surface area (TPSA) is 56.0 Å². The average Bonchev–Trinajstić information content (AvgIpc) is 3.01. The first-order valence-corrected chi connectivity index (χ1v) is 7.46. The summed E-state index contributed by atoms with van der Waals surface area (Å²) in [5, 5.41) is 0. The number of aryl methyl sites for hydroxylation is 1. The van der Waals surface area contributed by atoms with Crippen LogP contribution in [0, 0.1) is 6.92 Å². The molecule has 2 N–H and O–H groups in total. The maximum absolute atomic E-state index is 13.2. The van der Waals surface area contributed by atoms with Crippen molar-refractivity contribution in [3.8, 4) is 0 Å². The van der Waals surface area contributed by atoms with Crippen LogP contribution >= 0.6 is 0 Å². The standard InChI is InChI=1S/C18H20N2O/c1-13-11-15(17(19)20-12-13)16(21)18(9-5-6-10-18)14-7-3-2-4-8-14/h2-4,7-8,11-12H,5-6,9-10H2,1H3,(H2,19,20). The molecule has 0 unspecified atom stereocenters. The van der Waals surface area contributed by atoms with E-state index in [0.717, 1.165) is 36.8 Å². The number of aromatic nitrogens is 1. The van der Waals surface area contributed by atoms with Gasteiger partial charge in [-0.2, -0.15) is 0 Å². The minimum absolute atomic E-state index is 0.125. The van der Waals surface area contributed by atoms with Gasteiger partial charge in [-0.3, -0.25) is 4.79 Å². The second kappa shape index (κ2) is 5.32. The number of ketones is 1. The summed E-state index contributed by atoms with van der Waals surface area (Å²) in [7, 11) is 0. The fraction of sp³-hybridized carbons (Fsp3) is 0.333. The van der Waals surface area contributed by atoms with Crippen molar-refractivity contribution >= 4 is 11.6 Å². The zero-order valence-corrected chi connectivity index (χ0v) is 12.3. The van der Waals surface area contributed by atoms with Gasteiger partial charge < -0.3 is 5.73 Å². The van der Waals surface area contributed by atoms with E-state index in [-0.39, 0.29) is 5.78 Å². The molecule has 108 valence electrons. The minimum Gasteiger partial charge on any atom is -0.383 e. The molecule has 0 radical (unpaired) electrons. The van der Waals surface area contributed by atoms with Gasteiger partial charge in [-0.15, -0.1) is 0 Å². The van der Waals surface area contributed by atoms with Crippen molar-refractivity contribution in [1.29, 1.82) is 0 Å². The molecule has 1 aliphatic rings. The van der Waals surface area contributed by atoms with E-state index in [1.54, 1.807) is 6.20 Å². The van der Waals surface area contributed by atoms with E-state index in [4.69, 9.17) is 5.73 Å². The Hall–Kier alpha value is -2.16. The Bertz CT molecular complexity index is 658. The molecule has 0 atom stereocenters. The van der Waals surface area contributed by atoms with Crippen molar-refractivity contribution in [2.75, 3.05) is 5.73 Å². The smallest absolute Gasteiger partial charge is 0.177 e. The molecule has 1 aromatic carbocycles. The highest BCUT2D eigenvalue weighted by Gasteiger charge is 2.43. The van der Waals surface area contributed by atoms with Crippen molar-refractivity contribution in [2.24, 2.45) is 0 Å². The quantitative estimate of drug-likeness (QED) is 0.873. The van der Waals surface area contributed by atoms with Crippen LogP contribution in [0.2, 0.25) is 0 Å². The number of hydrogen-bond donors (Lipinski definition) is 1. The molecule has 1 heterocycles. The number of Topliss-reactive ketones (excluding diaryl/α,β-unsaturated/α-hetero) is 1. The molecule has 1 fully saturated rings. The molecule has 3 heteroatoms. The third-order valence-electron chi connectivity index (χ3n) is 4.52. The summed E-state index contributed by atoms with van der Waals surface area (Å²) in [6, 6.07) is 12.0. The van der Waals surface area contributed by atoms with E-state index in [2.05, 4.69) is 17.1 Å². The molecule has 0 amide bonds. The fourth-order valence-corrected chi connectivity index (χ4v) is 3.40. The molecular weight excluding hydrogens is 260 g/mol. The Balaban J connectivity index is 2.10. The molecule has 0 spiro atoms. The van der Waals surface area contributed by atoms with E-state index in [9.17, 15) is 4.79 Å². The van der Waals surface area contributed by atoms with Gasteiger partial charge in [0.25, 0.3) is 0 Å². The van der Waals surface area contributed by atoms with E-state index in [1.165, 1.54) is 0 Å². The van der Waals surface area contributed by atoms with Crippen LogP contribution in [0.3, 0.4) is 0 Å². The molecule has 1 aromatic heterocycles. The van der Waals surface area contributed by atoms with Crippen LogP contribution in [0.15, 0.2) is 42.6 Å². The van der Waals surface area contributed by atoms with Crippen LogP contribution in [0.5, 0.6) is 0 Å². The number of nitrogen functional groups attached to an aromatic ring is 1. The van der Waals surface area contributed by atoms with Gasteiger partial charge in [0.1, 0.15) is 5.82 Å². The first kappa shape index (κ1) is 13.8. The van der Waals surface area contributed by atoms with Gasteiger partial charge in [-0.25, -0.2) is 4.98 Å². The third-order valence-corrected chi connectivity index (χ3v) is 4.52. The van der Waals surface area contributed by atoms with Crippen LogP contribution in [0.25, 0.3) is 0 Å². The number of carbonyl (C=O) groups is 1. The highest BCUT2D eigenvalue weighted by Crippen LogP contribution is 2.44. The Morgan fingerprint density at radius 1 is 1.19 bits per heavy atom. The summed E-state index contributed by atoms with van der Waals surface area (Å²) in [4.78, 5) is 17.4. The summed E-state index contributed by atoms with van der Waals surface area (Å²) in [5.74, 6) is 0.465. The van der Waals surface area contributed by atoms with Gasteiger partial charge in [-0.1, -0.05) is 43.2 Å². The molecule has 0 saturated heterocycles. The lowest BCUT2D eigenvalue weighted by atomic mass is 9.73. The average molecular weight is 280 g/mol. The molecule has 21 heavy (non-hydrogen) atoms. The summed E-state index contributed by atoms with van der Waals surface area (Å²) < 4.78 is 0. The Kier molecular flexibility index (Phi) is 3.50. The number of anilines is 1. The number of hydrogen-bond acceptors (Lipinski definition) is 3. The van der Waals surface area contributed by atoms with Crippen LogP contribution in [-0.2, 0) is 5.41 Å². The van der Waals surface area contributed by atoms with E-state index >= 15 is 0 Å². The summed E-state index contributed by atoms with van der Waals surface area (Å²) in [5.41, 5.74) is 8.18. The molecule has 3 rings (SSSR count). The van der Waals surface area contributed by atoms with Gasteiger partial charge >= 0.3 is 0 Å². The van der Waals surface area contributed by atoms with Crippen molar-refractivity contribution in [1.82, 2.24) is 4.98 Å². The molecule has 0 aliphatic heterocycles. The van der Waals surface area contributed by atoms with Gasteiger partial charge in [0.2, 0.25) is 0 Å². The van der Waals surface area contributed by atoms with Gasteiger partial charge in [0, 0.05) is 6.20 Å². The first-order valence-electron chi connectivity index (χ1n) is 7.46. The summed E-state index contributed by atoms with van der Waals surface area (Å²) in [6.07, 6.45) is 5.65. The van der Waals surface area contributed by atoms with Gasteiger partial charge in [0.05, 0.1) is 11.0 Å². The zero-order chi connectivity index (χ0) is 14.9. The maximum Gasteiger partial charge on any atom is 0.177 e. The van der Waals surface area contributed by atoms with Gasteiger partial charge in [0.15, 0.2) is 5.78 Å². The normalized spacial score (nSPS) is 16.8. The van der Waals surface area contributed by atoms with Crippen LogP contribution < -0.4 is 5.73 Å². The lowest BCUT2D eigenvalue weighted by molar-refractivity contribution is 0.0886. The van der Waals surface area contributed by atoms with Crippen LogP contribution in [0.1, 0.15) is 47.2 Å². The Labute approximate surface area is 125 Å². The number of rotatable bonds is 3. The zero-order valence-electron chi connectivity index (χ0n) is 12.3. The minimum atomic E-state index is -0.426. The van der Waals surface area contributed by atoms with Crippen molar-refractivity contribution in [2.45, 2.75) is 38.0 Å². The lowest BCUT2D eigenvalue weighted by Gasteiger charge is -2.28. The fourth-order valence-electron chi connectivity index (χ4n) is 3.40. The van der Waals surface area contributed by atoms with Crippen molar-refractivity contribution < 1.29 is 4.79 Å². The van der Waals surface area contributed by atoms with Crippen LogP contribution in [0.4, 0.5) is 5.82 Å². The predicted octanol–water partition coefficient (Wildman–Crippen LogP) is 3.67. The molecule has 1 saturated carbocycles. The van der Waals surface area contributed by atoms with E-state index in [0.29, 0.717) is 11.4 Å². The maximum atomic E-state index is 13.2. The van der Waals surface area contributed by atoms with E-state index in [1.807, 2.05) is 31.2 Å². The second-order valence-electron chi connectivity index (χ2n) is 5.93. The third kappa shape index (κ3) is 2.33. The molecule has 1 aliphatic carbocycles. The highest BCUT2D eigenvalue weighted by molar-refractivity contribution is 6.07. The summed E-state index contributed by atoms with van der Waals surface area (Å²) in [6.45, 7) is 1.94. The molecule has 0 bridgehead atoms. The largest absolute Gasteiger partial charge is 0.383 e. The number of carbonyl (C=O) groups excluding carboxylic acids is 1. The highest BCUT2D eigenvalue weighted by atomic mass is 16.1.